The zero-order valence-corrected chi connectivity index (χ0v) is 10.7. The normalized spacial score (nSPS) is 13.1. The molecule has 0 fully saturated rings. The molecule has 0 aliphatic rings. The van der Waals surface area contributed by atoms with E-state index in [4.69, 9.17) is 5.11 Å². The van der Waals surface area contributed by atoms with E-state index in [0.29, 0.717) is 12.6 Å². The fraction of sp³-hybridized carbons (Fsp3) is 0.600. The average molecular weight is 278 g/mol. The van der Waals surface area contributed by atoms with E-state index >= 15 is 0 Å². The number of thiophene rings is 1. The number of hydrogen-bond acceptors (Lipinski definition) is 3. The molecule has 0 bridgehead atoms. The van der Waals surface area contributed by atoms with Crippen molar-refractivity contribution in [2.75, 3.05) is 13.2 Å². The Morgan fingerprint density at radius 3 is 2.86 bits per heavy atom. The van der Waals surface area contributed by atoms with Gasteiger partial charge in [0, 0.05) is 17.5 Å². The third-order valence-electron chi connectivity index (χ3n) is 2.06. The number of nitrogens with one attached hydrogen (secondary N) is 1. The lowest BCUT2D eigenvalue weighted by Crippen LogP contribution is -2.19. The number of aliphatic hydroxyl groups excluding tert-OH is 1. The molecule has 0 aliphatic heterocycles. The first-order valence-electron chi connectivity index (χ1n) is 4.83. The molecule has 0 saturated carbocycles. The van der Waals surface area contributed by atoms with Gasteiger partial charge in [-0.3, -0.25) is 0 Å². The highest BCUT2D eigenvalue weighted by Crippen LogP contribution is 2.26. The van der Waals surface area contributed by atoms with Gasteiger partial charge in [0.2, 0.25) is 0 Å². The van der Waals surface area contributed by atoms with Crippen molar-refractivity contribution in [2.24, 2.45) is 0 Å². The highest BCUT2D eigenvalue weighted by atomic mass is 79.9. The van der Waals surface area contributed by atoms with Gasteiger partial charge in [-0.05, 0) is 54.4 Å². The summed E-state index contributed by atoms with van der Waals surface area (Å²) >= 11 is 5.22. The van der Waals surface area contributed by atoms with Gasteiger partial charge in [-0.25, -0.2) is 0 Å². The van der Waals surface area contributed by atoms with Gasteiger partial charge in [-0.1, -0.05) is 0 Å². The van der Waals surface area contributed by atoms with Gasteiger partial charge < -0.3 is 10.4 Å². The van der Waals surface area contributed by atoms with Gasteiger partial charge in [-0.2, -0.15) is 0 Å². The van der Waals surface area contributed by atoms with Crippen LogP contribution in [-0.2, 0) is 0 Å². The molecule has 2 nitrogen and oxygen atoms in total. The first-order valence-corrected chi connectivity index (χ1v) is 6.44. The molecule has 0 aromatic carbocycles. The lowest BCUT2D eigenvalue weighted by atomic mass is 10.2. The van der Waals surface area contributed by atoms with Gasteiger partial charge in [-0.15, -0.1) is 11.3 Å². The monoisotopic (exact) mass is 277 g/mol. The molecule has 0 spiro atoms. The molecule has 0 saturated heterocycles. The van der Waals surface area contributed by atoms with E-state index < -0.39 is 0 Å². The lowest BCUT2D eigenvalue weighted by molar-refractivity contribution is 0.283. The van der Waals surface area contributed by atoms with E-state index in [1.54, 1.807) is 11.3 Å². The maximum Gasteiger partial charge on any atom is 0.0701 e. The third kappa shape index (κ3) is 4.09. The van der Waals surface area contributed by atoms with Gasteiger partial charge in [0.05, 0.1) is 3.79 Å². The van der Waals surface area contributed by atoms with E-state index in [1.807, 2.05) is 0 Å². The van der Waals surface area contributed by atoms with Crippen molar-refractivity contribution in [2.45, 2.75) is 25.8 Å². The van der Waals surface area contributed by atoms with Crippen LogP contribution < -0.4 is 5.32 Å². The Labute approximate surface area is 97.5 Å². The summed E-state index contributed by atoms with van der Waals surface area (Å²) in [5.74, 6) is 0. The van der Waals surface area contributed by atoms with Gasteiger partial charge >= 0.3 is 0 Å². The summed E-state index contributed by atoms with van der Waals surface area (Å²) in [5.41, 5.74) is 0. The Kier molecular flexibility index (Phi) is 5.70. The van der Waals surface area contributed by atoms with Crippen LogP contribution in [-0.4, -0.2) is 18.3 Å². The molecule has 4 heteroatoms. The van der Waals surface area contributed by atoms with E-state index in [-0.39, 0.29) is 0 Å². The Morgan fingerprint density at radius 1 is 1.50 bits per heavy atom. The van der Waals surface area contributed by atoms with Crippen molar-refractivity contribution in [1.82, 2.24) is 5.32 Å². The Morgan fingerprint density at radius 2 is 2.29 bits per heavy atom. The second-order valence-electron chi connectivity index (χ2n) is 3.25. The number of rotatable bonds is 6. The van der Waals surface area contributed by atoms with Crippen LogP contribution in [0.5, 0.6) is 0 Å². The van der Waals surface area contributed by atoms with Crippen molar-refractivity contribution < 1.29 is 5.11 Å². The molecule has 2 N–H and O–H groups in total. The summed E-state index contributed by atoms with van der Waals surface area (Å²) in [6.07, 6.45) is 1.92. The van der Waals surface area contributed by atoms with E-state index in [9.17, 15) is 0 Å². The summed E-state index contributed by atoms with van der Waals surface area (Å²) in [5, 5.41) is 12.0. The highest BCUT2D eigenvalue weighted by Gasteiger charge is 2.06. The number of aliphatic hydroxyl groups is 1. The summed E-state index contributed by atoms with van der Waals surface area (Å²) in [4.78, 5) is 1.35. The van der Waals surface area contributed by atoms with Gasteiger partial charge in [0.25, 0.3) is 0 Å². The Bertz CT molecular complexity index is 264. The molecular formula is C10H16BrNOS. The van der Waals surface area contributed by atoms with Crippen LogP contribution in [0.1, 0.15) is 30.7 Å². The average Bonchev–Trinajstić information content (AvgIpc) is 2.59. The van der Waals surface area contributed by atoms with E-state index in [1.165, 1.54) is 8.66 Å². The zero-order chi connectivity index (χ0) is 10.4. The van der Waals surface area contributed by atoms with Crippen molar-refractivity contribution in [3.05, 3.63) is 20.8 Å². The standard InChI is InChI=1S/C10H16BrNOS/c1-8(12-6-2-3-7-13)9-4-5-10(11)14-9/h4-5,8,12-13H,2-3,6-7H2,1H3. The van der Waals surface area contributed by atoms with Crippen LogP contribution in [0.15, 0.2) is 15.9 Å². The van der Waals surface area contributed by atoms with Crippen LogP contribution >= 0.6 is 27.3 Å². The second kappa shape index (κ2) is 6.56. The predicted molar refractivity (Wildman–Crippen MR) is 64.8 cm³/mol. The van der Waals surface area contributed by atoms with Crippen molar-refractivity contribution >= 4 is 27.3 Å². The summed E-state index contributed by atoms with van der Waals surface area (Å²) in [6, 6.07) is 4.62. The largest absolute Gasteiger partial charge is 0.396 e. The van der Waals surface area contributed by atoms with Crippen LogP contribution in [0.2, 0.25) is 0 Å². The number of unbranched alkanes of at least 4 members (excludes halogenated alkanes) is 1. The molecule has 14 heavy (non-hydrogen) atoms. The fourth-order valence-corrected chi connectivity index (χ4v) is 2.67. The molecule has 1 unspecified atom stereocenters. The zero-order valence-electron chi connectivity index (χ0n) is 8.29. The van der Waals surface area contributed by atoms with Crippen molar-refractivity contribution in [3.63, 3.8) is 0 Å². The summed E-state index contributed by atoms with van der Waals surface area (Å²) < 4.78 is 1.18. The minimum atomic E-state index is 0.292. The smallest absolute Gasteiger partial charge is 0.0701 e. The van der Waals surface area contributed by atoms with E-state index in [0.717, 1.165) is 19.4 Å². The molecular weight excluding hydrogens is 262 g/mol. The molecule has 0 amide bonds. The Balaban J connectivity index is 2.25. The Hall–Kier alpha value is 0.1000. The topological polar surface area (TPSA) is 32.3 Å². The molecule has 1 aromatic rings. The van der Waals surface area contributed by atoms with Crippen LogP contribution in [0.25, 0.3) is 0 Å². The molecule has 1 heterocycles. The highest BCUT2D eigenvalue weighted by molar-refractivity contribution is 9.11. The number of hydrogen-bond donors (Lipinski definition) is 2. The molecule has 0 aliphatic carbocycles. The third-order valence-corrected chi connectivity index (χ3v) is 3.86. The molecule has 0 radical (unpaired) electrons. The van der Waals surface area contributed by atoms with Gasteiger partial charge in [0.1, 0.15) is 0 Å². The minimum absolute atomic E-state index is 0.292. The molecule has 1 atom stereocenters. The van der Waals surface area contributed by atoms with Crippen LogP contribution in [0.3, 0.4) is 0 Å². The van der Waals surface area contributed by atoms with Gasteiger partial charge in [0.15, 0.2) is 0 Å². The van der Waals surface area contributed by atoms with Crippen LogP contribution in [0, 0.1) is 0 Å². The predicted octanol–water partition coefficient (Wildman–Crippen LogP) is 2.93. The fourth-order valence-electron chi connectivity index (χ4n) is 1.22. The number of halogens is 1. The molecule has 1 aromatic heterocycles. The molecule has 1 rings (SSSR count). The summed E-state index contributed by atoms with van der Waals surface area (Å²) in [7, 11) is 0. The maximum absolute atomic E-state index is 8.62. The quantitative estimate of drug-likeness (QED) is 0.784. The lowest BCUT2D eigenvalue weighted by Gasteiger charge is -2.11. The SMILES string of the molecule is CC(NCCCCO)c1ccc(Br)s1. The first kappa shape index (κ1) is 12.2. The van der Waals surface area contributed by atoms with Crippen molar-refractivity contribution in [1.29, 1.82) is 0 Å². The maximum atomic E-state index is 8.62. The minimum Gasteiger partial charge on any atom is -0.396 e. The molecule has 80 valence electrons. The first-order chi connectivity index (χ1) is 6.74. The van der Waals surface area contributed by atoms with Crippen molar-refractivity contribution in [3.8, 4) is 0 Å². The van der Waals surface area contributed by atoms with E-state index in [2.05, 4.69) is 40.3 Å². The van der Waals surface area contributed by atoms with Crippen LogP contribution in [0.4, 0.5) is 0 Å². The summed E-state index contributed by atoms with van der Waals surface area (Å²) in [6.45, 7) is 3.43. The second-order valence-corrected chi connectivity index (χ2v) is 5.74.